The van der Waals surface area contributed by atoms with Crippen LogP contribution in [0.4, 0.5) is 0 Å². The van der Waals surface area contributed by atoms with Gasteiger partial charge in [-0.3, -0.25) is 4.79 Å². The molecule has 27 heavy (non-hydrogen) atoms. The van der Waals surface area contributed by atoms with Gasteiger partial charge in [-0.1, -0.05) is 0 Å². The Morgan fingerprint density at radius 1 is 1.30 bits per heavy atom. The molecule has 1 aromatic carbocycles. The number of thiazole rings is 1. The summed E-state index contributed by atoms with van der Waals surface area (Å²) in [7, 11) is 0. The van der Waals surface area contributed by atoms with E-state index in [1.165, 1.54) is 0 Å². The third-order valence-electron chi connectivity index (χ3n) is 4.90. The maximum absolute atomic E-state index is 12.9. The van der Waals surface area contributed by atoms with E-state index in [-0.39, 0.29) is 11.8 Å². The summed E-state index contributed by atoms with van der Waals surface area (Å²) in [4.78, 5) is 23.7. The Labute approximate surface area is 161 Å². The second kappa shape index (κ2) is 7.72. The maximum Gasteiger partial charge on any atom is 0.253 e. The van der Waals surface area contributed by atoms with E-state index in [1.807, 2.05) is 28.2 Å². The van der Waals surface area contributed by atoms with Crippen LogP contribution in [0.25, 0.3) is 0 Å². The molecule has 7 heteroatoms. The highest BCUT2D eigenvalue weighted by molar-refractivity contribution is 7.07. The number of benzene rings is 1. The molecule has 0 aliphatic carbocycles. The summed E-state index contributed by atoms with van der Waals surface area (Å²) >= 11 is 1.59. The van der Waals surface area contributed by atoms with E-state index in [1.54, 1.807) is 35.6 Å². The van der Waals surface area contributed by atoms with Gasteiger partial charge in [-0.05, 0) is 37.1 Å². The van der Waals surface area contributed by atoms with Gasteiger partial charge in [0.25, 0.3) is 5.91 Å². The van der Waals surface area contributed by atoms with E-state index in [4.69, 9.17) is 5.26 Å². The first-order chi connectivity index (χ1) is 13.2. The average molecular weight is 377 g/mol. The first-order valence-electron chi connectivity index (χ1n) is 8.92. The Balaban J connectivity index is 1.49. The molecule has 2 aromatic heterocycles. The molecule has 6 nitrogen and oxygen atoms in total. The summed E-state index contributed by atoms with van der Waals surface area (Å²) in [5.41, 5.74) is 4.05. The minimum atomic E-state index is 0.0156. The van der Waals surface area contributed by atoms with Gasteiger partial charge in [0.2, 0.25) is 0 Å². The highest BCUT2D eigenvalue weighted by Crippen LogP contribution is 2.27. The predicted octanol–water partition coefficient (Wildman–Crippen LogP) is 3.28. The van der Waals surface area contributed by atoms with Crippen LogP contribution in [0.15, 0.2) is 47.5 Å². The molecule has 3 aromatic rings. The smallest absolute Gasteiger partial charge is 0.253 e. The van der Waals surface area contributed by atoms with Gasteiger partial charge in [0, 0.05) is 42.3 Å². The molecule has 1 amide bonds. The predicted molar refractivity (Wildman–Crippen MR) is 102 cm³/mol. The molecular weight excluding hydrogens is 358 g/mol. The minimum absolute atomic E-state index is 0.0156. The minimum Gasteiger partial charge on any atom is -0.338 e. The summed E-state index contributed by atoms with van der Waals surface area (Å²) in [6.07, 6.45) is 5.78. The van der Waals surface area contributed by atoms with Crippen molar-refractivity contribution in [2.45, 2.75) is 25.3 Å². The fourth-order valence-electron chi connectivity index (χ4n) is 3.55. The van der Waals surface area contributed by atoms with Gasteiger partial charge in [0.05, 0.1) is 29.4 Å². The lowest BCUT2D eigenvalue weighted by Crippen LogP contribution is -2.39. The number of carbonyl (C=O) groups excluding carboxylic acids is 1. The van der Waals surface area contributed by atoms with E-state index in [0.717, 1.165) is 30.9 Å². The number of rotatable bonds is 4. The Morgan fingerprint density at radius 3 is 2.89 bits per heavy atom. The van der Waals surface area contributed by atoms with E-state index in [2.05, 4.69) is 20.6 Å². The summed E-state index contributed by atoms with van der Waals surface area (Å²) in [6, 6.07) is 8.92. The van der Waals surface area contributed by atoms with Crippen molar-refractivity contribution < 1.29 is 4.79 Å². The molecule has 1 saturated heterocycles. The topological polar surface area (TPSA) is 74.8 Å². The van der Waals surface area contributed by atoms with E-state index < -0.39 is 0 Å². The number of carbonyl (C=O) groups is 1. The van der Waals surface area contributed by atoms with Gasteiger partial charge >= 0.3 is 0 Å². The lowest BCUT2D eigenvalue weighted by atomic mass is 9.96. The number of hydrogen-bond acceptors (Lipinski definition) is 5. The van der Waals surface area contributed by atoms with Gasteiger partial charge in [-0.2, -0.15) is 5.26 Å². The first kappa shape index (κ1) is 17.4. The van der Waals surface area contributed by atoms with Crippen molar-refractivity contribution in [1.29, 1.82) is 5.26 Å². The maximum atomic E-state index is 12.9. The lowest BCUT2D eigenvalue weighted by molar-refractivity contribution is 0.0703. The quantitative estimate of drug-likeness (QED) is 0.699. The number of aromatic nitrogens is 3. The molecule has 0 spiro atoms. The molecule has 0 radical (unpaired) electrons. The fraction of sp³-hybridized carbons (Fsp3) is 0.300. The molecule has 0 bridgehead atoms. The van der Waals surface area contributed by atoms with Crippen molar-refractivity contribution in [3.05, 3.63) is 70.2 Å². The third kappa shape index (κ3) is 3.76. The van der Waals surface area contributed by atoms with Crippen LogP contribution < -0.4 is 0 Å². The van der Waals surface area contributed by atoms with Crippen LogP contribution in [0.1, 0.15) is 46.2 Å². The number of nitriles is 1. The van der Waals surface area contributed by atoms with Crippen molar-refractivity contribution in [2.75, 3.05) is 13.1 Å². The normalized spacial score (nSPS) is 16.9. The van der Waals surface area contributed by atoms with Gasteiger partial charge < -0.3 is 9.47 Å². The van der Waals surface area contributed by atoms with Crippen molar-refractivity contribution >= 4 is 17.2 Å². The Kier molecular flexibility index (Phi) is 4.99. The molecule has 1 unspecified atom stereocenters. The molecule has 0 N–H and O–H groups in total. The molecule has 4 rings (SSSR count). The number of likely N-dealkylation sites (tertiary alicyclic amines) is 1. The molecule has 1 aliphatic rings. The van der Waals surface area contributed by atoms with Crippen molar-refractivity contribution in [3.8, 4) is 6.07 Å². The number of amides is 1. The molecule has 1 fully saturated rings. The Hall–Kier alpha value is -2.98. The molecule has 1 aliphatic heterocycles. The second-order valence-corrected chi connectivity index (χ2v) is 7.39. The second-order valence-electron chi connectivity index (χ2n) is 6.67. The zero-order valence-corrected chi connectivity index (χ0v) is 15.6. The summed E-state index contributed by atoms with van der Waals surface area (Å²) in [5, 5.41) is 11.0. The average Bonchev–Trinajstić information content (AvgIpc) is 3.40. The first-order valence-corrected chi connectivity index (χ1v) is 9.86. The van der Waals surface area contributed by atoms with Crippen LogP contribution in [-0.2, 0) is 6.54 Å². The van der Waals surface area contributed by atoms with E-state index in [9.17, 15) is 4.79 Å². The Bertz CT molecular complexity index is 955. The van der Waals surface area contributed by atoms with Gasteiger partial charge in [0.1, 0.15) is 5.82 Å². The molecule has 0 saturated carbocycles. The standard InChI is InChI=1S/C20H19N5OS/c21-10-15-3-5-16(6-4-15)20(26)25-8-1-2-17(11-25)19-22-7-9-24(19)12-18-13-27-14-23-18/h3-7,9,13-14,17H,1-2,8,11-12H2. The van der Waals surface area contributed by atoms with Crippen LogP contribution in [0.3, 0.4) is 0 Å². The van der Waals surface area contributed by atoms with E-state index in [0.29, 0.717) is 24.2 Å². The van der Waals surface area contributed by atoms with Gasteiger partial charge in [-0.25, -0.2) is 9.97 Å². The van der Waals surface area contributed by atoms with Crippen molar-refractivity contribution in [2.24, 2.45) is 0 Å². The third-order valence-corrected chi connectivity index (χ3v) is 5.53. The number of hydrogen-bond donors (Lipinski definition) is 0. The summed E-state index contributed by atoms with van der Waals surface area (Å²) < 4.78 is 2.13. The van der Waals surface area contributed by atoms with Gasteiger partial charge in [0.15, 0.2) is 0 Å². The van der Waals surface area contributed by atoms with Crippen LogP contribution in [0.2, 0.25) is 0 Å². The highest BCUT2D eigenvalue weighted by atomic mass is 32.1. The molecule has 1 atom stereocenters. The Morgan fingerprint density at radius 2 is 2.15 bits per heavy atom. The summed E-state index contributed by atoms with van der Waals surface area (Å²) in [6.45, 7) is 2.12. The zero-order chi connectivity index (χ0) is 18.6. The molecule has 136 valence electrons. The number of imidazole rings is 1. The molecule has 3 heterocycles. The summed E-state index contributed by atoms with van der Waals surface area (Å²) in [5.74, 6) is 1.25. The van der Waals surface area contributed by atoms with Gasteiger partial charge in [-0.15, -0.1) is 11.3 Å². The highest BCUT2D eigenvalue weighted by Gasteiger charge is 2.28. The molecular formula is C20H19N5OS. The number of piperidine rings is 1. The lowest BCUT2D eigenvalue weighted by Gasteiger charge is -2.32. The monoisotopic (exact) mass is 377 g/mol. The van der Waals surface area contributed by atoms with Crippen molar-refractivity contribution in [3.63, 3.8) is 0 Å². The van der Waals surface area contributed by atoms with Crippen LogP contribution in [-0.4, -0.2) is 38.4 Å². The zero-order valence-electron chi connectivity index (χ0n) is 14.8. The largest absolute Gasteiger partial charge is 0.338 e. The number of nitrogens with zero attached hydrogens (tertiary/aromatic N) is 5. The fourth-order valence-corrected chi connectivity index (χ4v) is 4.10. The van der Waals surface area contributed by atoms with Crippen molar-refractivity contribution in [1.82, 2.24) is 19.4 Å². The SMILES string of the molecule is N#Cc1ccc(C(=O)N2CCCC(c3nccn3Cc3cscn3)C2)cc1. The van der Waals surface area contributed by atoms with Crippen LogP contribution in [0.5, 0.6) is 0 Å². The van der Waals surface area contributed by atoms with Crippen LogP contribution >= 0.6 is 11.3 Å². The van der Waals surface area contributed by atoms with Crippen LogP contribution in [0, 0.1) is 11.3 Å². The van der Waals surface area contributed by atoms with E-state index >= 15 is 0 Å².